The lowest BCUT2D eigenvalue weighted by molar-refractivity contribution is 0.568. The minimum absolute atomic E-state index is 0.00802. The van der Waals surface area contributed by atoms with E-state index in [0.717, 1.165) is 0 Å². The molecule has 5 rings (SSSR count). The van der Waals surface area contributed by atoms with Gasteiger partial charge in [0.05, 0.1) is 11.0 Å². The first-order chi connectivity index (χ1) is 20.2. The van der Waals surface area contributed by atoms with Gasteiger partial charge in [0, 0.05) is 16.5 Å². The van der Waals surface area contributed by atoms with Gasteiger partial charge in [-0.3, -0.25) is 0 Å². The first kappa shape index (κ1) is 32.1. The number of hydrogen-bond acceptors (Lipinski definition) is 0. The average Bonchev–Trinajstić information content (AvgIpc) is 3.25. The van der Waals surface area contributed by atoms with E-state index in [-0.39, 0.29) is 21.7 Å². The number of nitrogens with zero attached hydrogens (tertiary/aromatic N) is 1. The fraction of sp³-hybridized carbons (Fsp3) is 0.442. The summed E-state index contributed by atoms with van der Waals surface area (Å²) in [5, 5.41) is 2.73. The average molecular weight is 586 g/mol. The van der Waals surface area contributed by atoms with E-state index in [1.165, 1.54) is 66.4 Å². The van der Waals surface area contributed by atoms with Gasteiger partial charge in [-0.05, 0) is 90.8 Å². The van der Waals surface area contributed by atoms with Crippen molar-refractivity contribution in [2.75, 3.05) is 0 Å². The Hall–Kier alpha value is -3.32. The molecule has 5 aromatic rings. The fourth-order valence-corrected chi connectivity index (χ4v) is 6.43. The molecule has 0 spiro atoms. The maximum atomic E-state index is 2.55. The summed E-state index contributed by atoms with van der Waals surface area (Å²) < 4.78 is 2.55. The Labute approximate surface area is 267 Å². The highest BCUT2D eigenvalue weighted by atomic mass is 15.0. The van der Waals surface area contributed by atoms with Crippen molar-refractivity contribution in [3.05, 3.63) is 101 Å². The molecule has 0 fully saturated rings. The van der Waals surface area contributed by atoms with Crippen LogP contribution in [0.2, 0.25) is 0 Å². The summed E-state index contributed by atoms with van der Waals surface area (Å²) in [6.45, 7) is 32.6. The van der Waals surface area contributed by atoms with Gasteiger partial charge in [-0.2, -0.15) is 0 Å². The first-order valence-electron chi connectivity index (χ1n) is 16.6. The second kappa shape index (κ2) is 10.6. The summed E-state index contributed by atoms with van der Waals surface area (Å²) in [6, 6.07) is 28.5. The molecule has 44 heavy (non-hydrogen) atoms. The molecular formula is C43H55N. The number of rotatable bonds is 3. The third kappa shape index (κ3) is 5.88. The van der Waals surface area contributed by atoms with Crippen molar-refractivity contribution in [3.63, 3.8) is 0 Å². The summed E-state index contributed by atoms with van der Waals surface area (Å²) >= 11 is 0. The monoisotopic (exact) mass is 585 g/mol. The molecule has 0 saturated carbocycles. The lowest BCUT2D eigenvalue weighted by atomic mass is 9.80. The Morgan fingerprint density at radius 2 is 1.00 bits per heavy atom. The minimum atomic E-state index is -0.00802. The molecule has 1 aromatic heterocycles. The molecular weight excluding hydrogens is 530 g/mol. The second-order valence-corrected chi connectivity index (χ2v) is 17.5. The van der Waals surface area contributed by atoms with Gasteiger partial charge in [0.15, 0.2) is 0 Å². The topological polar surface area (TPSA) is 4.93 Å². The Bertz CT molecular complexity index is 1810. The van der Waals surface area contributed by atoms with E-state index in [0.29, 0.717) is 5.92 Å². The Morgan fingerprint density at radius 3 is 1.50 bits per heavy atom. The Morgan fingerprint density at radius 1 is 0.500 bits per heavy atom. The van der Waals surface area contributed by atoms with Crippen LogP contribution in [-0.2, 0) is 21.7 Å². The molecule has 1 nitrogen and oxygen atoms in total. The van der Waals surface area contributed by atoms with E-state index < -0.39 is 0 Å². The molecule has 0 aliphatic carbocycles. The molecule has 0 aliphatic rings. The van der Waals surface area contributed by atoms with Crippen molar-refractivity contribution in [2.24, 2.45) is 0 Å². The van der Waals surface area contributed by atoms with Crippen molar-refractivity contribution in [3.8, 4) is 16.8 Å². The summed E-state index contributed by atoms with van der Waals surface area (Å²) in [5.74, 6) is 0.456. The Kier molecular flexibility index (Phi) is 7.76. The van der Waals surface area contributed by atoms with Crippen molar-refractivity contribution in [1.82, 2.24) is 4.57 Å². The van der Waals surface area contributed by atoms with Gasteiger partial charge < -0.3 is 4.57 Å². The highest BCUT2D eigenvalue weighted by molar-refractivity contribution is 6.17. The van der Waals surface area contributed by atoms with Crippen LogP contribution in [0.5, 0.6) is 0 Å². The van der Waals surface area contributed by atoms with Crippen LogP contribution >= 0.6 is 0 Å². The number of hydrogen-bond donors (Lipinski definition) is 0. The third-order valence-corrected chi connectivity index (χ3v) is 9.33. The van der Waals surface area contributed by atoms with Gasteiger partial charge in [0.2, 0.25) is 0 Å². The van der Waals surface area contributed by atoms with Crippen molar-refractivity contribution < 1.29 is 0 Å². The molecule has 1 heterocycles. The van der Waals surface area contributed by atoms with Crippen LogP contribution in [0.25, 0.3) is 38.6 Å². The van der Waals surface area contributed by atoms with Crippen LogP contribution in [0.4, 0.5) is 0 Å². The van der Waals surface area contributed by atoms with E-state index in [1.54, 1.807) is 0 Å². The smallest absolute Gasteiger partial charge is 0.0547 e. The van der Waals surface area contributed by atoms with Crippen molar-refractivity contribution in [2.45, 2.75) is 125 Å². The van der Waals surface area contributed by atoms with Crippen LogP contribution < -0.4 is 0 Å². The molecule has 0 bridgehead atoms. The highest BCUT2D eigenvalue weighted by Gasteiger charge is 2.27. The van der Waals surface area contributed by atoms with E-state index in [1.807, 2.05) is 0 Å². The summed E-state index contributed by atoms with van der Waals surface area (Å²) in [4.78, 5) is 0. The number of fused-ring (bicyclic) bond motifs is 3. The lowest BCUT2D eigenvalue weighted by Gasteiger charge is -2.27. The predicted octanol–water partition coefficient (Wildman–Crippen LogP) is 12.8. The molecule has 0 saturated heterocycles. The maximum absolute atomic E-state index is 2.55. The molecule has 0 amide bonds. The molecule has 0 unspecified atom stereocenters. The number of benzene rings is 4. The second-order valence-electron chi connectivity index (χ2n) is 17.5. The molecule has 0 N–H and O–H groups in total. The Balaban J connectivity index is 1.99. The largest absolute Gasteiger partial charge is 0.309 e. The zero-order valence-electron chi connectivity index (χ0n) is 30.0. The molecule has 0 aliphatic heterocycles. The standard InChI is InChI=1S/C43H55N/c1-27(2)28-21-29(23-30(22-28)40(3,4)5)34-17-15-19-36-38(34)39-35(43(12,13)14)18-16-20-37(39)44(36)33-25-31(41(6,7)8)24-32(26-33)42(9,10)11/h15-27H,1-14H3. The SMILES string of the molecule is CC(C)c1cc(-c2cccc3c2c2c(C(C)(C)C)cccc2n3-c2cc(C(C)(C)C)cc(C(C)(C)C)c2)cc(C(C)(C)C)c1. The molecule has 1 heteroatoms. The van der Waals surface area contributed by atoms with Gasteiger partial charge in [-0.1, -0.05) is 145 Å². The van der Waals surface area contributed by atoms with E-state index >= 15 is 0 Å². The highest BCUT2D eigenvalue weighted by Crippen LogP contribution is 2.45. The van der Waals surface area contributed by atoms with Gasteiger partial charge in [-0.25, -0.2) is 0 Å². The van der Waals surface area contributed by atoms with Crippen LogP contribution in [-0.4, -0.2) is 4.57 Å². The predicted molar refractivity (Wildman–Crippen MR) is 195 cm³/mol. The van der Waals surface area contributed by atoms with Crippen molar-refractivity contribution >= 4 is 21.8 Å². The maximum Gasteiger partial charge on any atom is 0.0547 e. The summed E-state index contributed by atoms with van der Waals surface area (Å²) in [7, 11) is 0. The zero-order valence-corrected chi connectivity index (χ0v) is 30.0. The molecule has 4 aromatic carbocycles. The lowest BCUT2D eigenvalue weighted by Crippen LogP contribution is -2.17. The zero-order chi connectivity index (χ0) is 32.6. The van der Waals surface area contributed by atoms with Crippen LogP contribution in [0.3, 0.4) is 0 Å². The van der Waals surface area contributed by atoms with E-state index in [4.69, 9.17) is 0 Å². The van der Waals surface area contributed by atoms with Gasteiger partial charge in [0.1, 0.15) is 0 Å². The molecule has 0 radical (unpaired) electrons. The number of aromatic nitrogens is 1. The quantitative estimate of drug-likeness (QED) is 0.198. The summed E-state index contributed by atoms with van der Waals surface area (Å²) in [5.41, 5.74) is 13.5. The first-order valence-corrected chi connectivity index (χ1v) is 16.6. The molecule has 0 atom stereocenters. The minimum Gasteiger partial charge on any atom is -0.309 e. The van der Waals surface area contributed by atoms with Crippen LogP contribution in [0, 0.1) is 0 Å². The normalized spacial score (nSPS) is 13.4. The van der Waals surface area contributed by atoms with Crippen molar-refractivity contribution in [1.29, 1.82) is 0 Å². The third-order valence-electron chi connectivity index (χ3n) is 9.33. The van der Waals surface area contributed by atoms with E-state index in [9.17, 15) is 0 Å². The van der Waals surface area contributed by atoms with Gasteiger partial charge >= 0.3 is 0 Å². The van der Waals surface area contributed by atoms with Gasteiger partial charge in [-0.15, -0.1) is 0 Å². The van der Waals surface area contributed by atoms with E-state index in [2.05, 4.69) is 174 Å². The van der Waals surface area contributed by atoms with Crippen LogP contribution in [0.15, 0.2) is 72.8 Å². The van der Waals surface area contributed by atoms with Gasteiger partial charge in [0.25, 0.3) is 0 Å². The fourth-order valence-electron chi connectivity index (χ4n) is 6.43. The summed E-state index contributed by atoms with van der Waals surface area (Å²) in [6.07, 6.45) is 0. The van der Waals surface area contributed by atoms with Crippen LogP contribution in [0.1, 0.15) is 131 Å². The molecule has 232 valence electrons.